The summed E-state index contributed by atoms with van der Waals surface area (Å²) in [6.07, 6.45) is 0. The zero-order valence-corrected chi connectivity index (χ0v) is 12.9. The van der Waals surface area contributed by atoms with Crippen LogP contribution in [-0.2, 0) is 4.79 Å². The predicted molar refractivity (Wildman–Crippen MR) is 88.1 cm³/mol. The van der Waals surface area contributed by atoms with E-state index in [1.807, 2.05) is 30.3 Å². The van der Waals surface area contributed by atoms with Crippen molar-refractivity contribution in [2.45, 2.75) is 5.92 Å². The van der Waals surface area contributed by atoms with Crippen LogP contribution in [0.15, 0.2) is 48.5 Å². The zero-order valence-electron chi connectivity index (χ0n) is 11.3. The second kappa shape index (κ2) is 6.14. The minimum atomic E-state index is -0.948. The first-order valence-electron chi connectivity index (χ1n) is 6.49. The molecule has 0 aliphatic rings. The number of anilines is 1. The van der Waals surface area contributed by atoms with Crippen LogP contribution in [0, 0.1) is 11.3 Å². The fourth-order valence-electron chi connectivity index (χ4n) is 2.00. The number of para-hydroxylation sites is 1. The third-order valence-electron chi connectivity index (χ3n) is 3.05. The van der Waals surface area contributed by atoms with Crippen molar-refractivity contribution in [2.75, 3.05) is 5.32 Å². The second-order valence-corrected chi connectivity index (χ2v) is 6.08. The Balaban J connectivity index is 1.89. The van der Waals surface area contributed by atoms with E-state index in [4.69, 9.17) is 11.6 Å². The molecule has 3 aromatic rings. The number of fused-ring (bicyclic) bond motifs is 1. The summed E-state index contributed by atoms with van der Waals surface area (Å²) in [7, 11) is 0. The second-order valence-electron chi connectivity index (χ2n) is 4.58. The highest BCUT2D eigenvalue weighted by Crippen LogP contribution is 2.29. The summed E-state index contributed by atoms with van der Waals surface area (Å²) in [5, 5.41) is 13.1. The number of carbonyl (C=O) groups is 1. The first kappa shape index (κ1) is 14.5. The van der Waals surface area contributed by atoms with E-state index in [0.29, 0.717) is 21.2 Å². The molecule has 2 aromatic carbocycles. The highest BCUT2D eigenvalue weighted by Gasteiger charge is 2.24. The maximum absolute atomic E-state index is 12.3. The number of halogens is 1. The molecule has 1 heterocycles. The number of hydrogen-bond donors (Lipinski definition) is 1. The lowest BCUT2D eigenvalue weighted by Gasteiger charge is -2.07. The standard InChI is InChI=1S/C16H10ClN3OS/c17-10-6-7-14-13(8-10)20-16(22-14)12(9-18)15(21)19-11-4-2-1-3-5-11/h1-8,12H,(H,19,21)/t12-/m1/s1. The molecule has 108 valence electrons. The van der Waals surface area contributed by atoms with Gasteiger partial charge in [-0.1, -0.05) is 29.8 Å². The Morgan fingerprint density at radius 1 is 1.27 bits per heavy atom. The van der Waals surface area contributed by atoms with E-state index in [0.717, 1.165) is 4.70 Å². The largest absolute Gasteiger partial charge is 0.325 e. The molecular weight excluding hydrogens is 318 g/mol. The lowest BCUT2D eigenvalue weighted by Crippen LogP contribution is -2.19. The molecule has 0 spiro atoms. The maximum atomic E-state index is 12.3. The van der Waals surface area contributed by atoms with Crippen molar-refractivity contribution < 1.29 is 4.79 Å². The number of hydrogen-bond acceptors (Lipinski definition) is 4. The Labute approximate surface area is 136 Å². The van der Waals surface area contributed by atoms with E-state index < -0.39 is 5.92 Å². The van der Waals surface area contributed by atoms with Gasteiger partial charge in [0.1, 0.15) is 5.01 Å². The lowest BCUT2D eigenvalue weighted by molar-refractivity contribution is -0.116. The van der Waals surface area contributed by atoms with E-state index in [9.17, 15) is 10.1 Å². The van der Waals surface area contributed by atoms with Gasteiger partial charge in [-0.15, -0.1) is 11.3 Å². The molecule has 4 nitrogen and oxygen atoms in total. The predicted octanol–water partition coefficient (Wildman–Crippen LogP) is 4.20. The third-order valence-corrected chi connectivity index (χ3v) is 4.38. The highest BCUT2D eigenvalue weighted by molar-refractivity contribution is 7.18. The van der Waals surface area contributed by atoms with Gasteiger partial charge in [-0.25, -0.2) is 4.98 Å². The maximum Gasteiger partial charge on any atom is 0.248 e. The summed E-state index contributed by atoms with van der Waals surface area (Å²) in [5.74, 6) is -1.34. The fraction of sp³-hybridized carbons (Fsp3) is 0.0625. The van der Waals surface area contributed by atoms with Crippen LogP contribution in [0.5, 0.6) is 0 Å². The van der Waals surface area contributed by atoms with Gasteiger partial charge in [0.15, 0.2) is 5.92 Å². The average molecular weight is 328 g/mol. The highest BCUT2D eigenvalue weighted by atomic mass is 35.5. The van der Waals surface area contributed by atoms with Gasteiger partial charge in [-0.05, 0) is 30.3 Å². The summed E-state index contributed by atoms with van der Waals surface area (Å²) >= 11 is 7.26. The Kier molecular flexibility index (Phi) is 4.05. The summed E-state index contributed by atoms with van der Waals surface area (Å²) in [6, 6.07) is 16.4. The number of carbonyl (C=O) groups excluding carboxylic acids is 1. The van der Waals surface area contributed by atoms with Crippen molar-refractivity contribution in [1.82, 2.24) is 4.98 Å². The van der Waals surface area contributed by atoms with Crippen LogP contribution in [0.4, 0.5) is 5.69 Å². The zero-order chi connectivity index (χ0) is 15.5. The molecule has 1 aromatic heterocycles. The quantitative estimate of drug-likeness (QED) is 0.784. The van der Waals surface area contributed by atoms with Crippen molar-refractivity contribution in [1.29, 1.82) is 5.26 Å². The van der Waals surface area contributed by atoms with Crippen LogP contribution in [0.2, 0.25) is 5.02 Å². The molecule has 6 heteroatoms. The number of nitriles is 1. The molecule has 1 N–H and O–H groups in total. The summed E-state index contributed by atoms with van der Waals surface area (Å²) in [5.41, 5.74) is 1.34. The Hall–Kier alpha value is -2.42. The van der Waals surface area contributed by atoms with Crippen LogP contribution in [-0.4, -0.2) is 10.9 Å². The number of benzene rings is 2. The molecule has 22 heavy (non-hydrogen) atoms. The van der Waals surface area contributed by atoms with Gasteiger partial charge in [-0.3, -0.25) is 4.79 Å². The smallest absolute Gasteiger partial charge is 0.248 e. The normalized spacial score (nSPS) is 11.8. The molecule has 0 saturated carbocycles. The van der Waals surface area contributed by atoms with Gasteiger partial charge < -0.3 is 5.32 Å². The van der Waals surface area contributed by atoms with Gasteiger partial charge in [0.2, 0.25) is 5.91 Å². The molecule has 1 atom stereocenters. The van der Waals surface area contributed by atoms with Crippen LogP contribution in [0.25, 0.3) is 10.2 Å². The van der Waals surface area contributed by atoms with Crippen LogP contribution in [0.3, 0.4) is 0 Å². The van der Waals surface area contributed by atoms with E-state index in [1.165, 1.54) is 11.3 Å². The third kappa shape index (κ3) is 2.93. The summed E-state index contributed by atoms with van der Waals surface area (Å²) in [4.78, 5) is 16.7. The minimum absolute atomic E-state index is 0.390. The van der Waals surface area contributed by atoms with Gasteiger partial charge in [-0.2, -0.15) is 5.26 Å². The van der Waals surface area contributed by atoms with Crippen molar-refractivity contribution in [3.63, 3.8) is 0 Å². The number of thiazole rings is 1. The van der Waals surface area contributed by atoms with E-state index in [1.54, 1.807) is 24.3 Å². The number of aromatic nitrogens is 1. The first-order chi connectivity index (χ1) is 10.7. The van der Waals surface area contributed by atoms with Crippen LogP contribution >= 0.6 is 22.9 Å². The lowest BCUT2D eigenvalue weighted by atomic mass is 10.1. The molecule has 0 aliphatic heterocycles. The molecular formula is C16H10ClN3OS. The SMILES string of the molecule is N#C[C@H](C(=O)Nc1ccccc1)c1nc2cc(Cl)ccc2s1. The molecule has 0 unspecified atom stereocenters. The van der Waals surface area contributed by atoms with E-state index in [-0.39, 0.29) is 5.91 Å². The van der Waals surface area contributed by atoms with Crippen molar-refractivity contribution in [2.24, 2.45) is 0 Å². The van der Waals surface area contributed by atoms with E-state index in [2.05, 4.69) is 10.3 Å². The van der Waals surface area contributed by atoms with Crippen molar-refractivity contribution in [3.05, 3.63) is 58.6 Å². The summed E-state index contributed by atoms with van der Waals surface area (Å²) < 4.78 is 0.896. The van der Waals surface area contributed by atoms with E-state index >= 15 is 0 Å². The molecule has 3 rings (SSSR count). The van der Waals surface area contributed by atoms with Crippen LogP contribution in [0.1, 0.15) is 10.9 Å². The number of nitrogens with one attached hydrogen (secondary N) is 1. The topological polar surface area (TPSA) is 65.8 Å². The summed E-state index contributed by atoms with van der Waals surface area (Å²) in [6.45, 7) is 0. The molecule has 0 saturated heterocycles. The number of amides is 1. The molecule has 0 aliphatic carbocycles. The fourth-order valence-corrected chi connectivity index (χ4v) is 3.16. The van der Waals surface area contributed by atoms with Gasteiger partial charge >= 0.3 is 0 Å². The number of rotatable bonds is 3. The Morgan fingerprint density at radius 3 is 2.77 bits per heavy atom. The number of nitrogens with zero attached hydrogens (tertiary/aromatic N) is 2. The minimum Gasteiger partial charge on any atom is -0.325 e. The Morgan fingerprint density at radius 2 is 2.05 bits per heavy atom. The van der Waals surface area contributed by atoms with Crippen molar-refractivity contribution >= 4 is 44.7 Å². The van der Waals surface area contributed by atoms with Crippen LogP contribution < -0.4 is 5.32 Å². The van der Waals surface area contributed by atoms with Crippen molar-refractivity contribution in [3.8, 4) is 6.07 Å². The molecule has 0 fully saturated rings. The monoisotopic (exact) mass is 327 g/mol. The van der Waals surface area contributed by atoms with Gasteiger partial charge in [0, 0.05) is 10.7 Å². The molecule has 0 radical (unpaired) electrons. The van der Waals surface area contributed by atoms with Gasteiger partial charge in [0.05, 0.1) is 16.3 Å². The molecule has 0 bridgehead atoms. The average Bonchev–Trinajstić information content (AvgIpc) is 2.91. The molecule has 1 amide bonds. The van der Waals surface area contributed by atoms with Gasteiger partial charge in [0.25, 0.3) is 0 Å². The first-order valence-corrected chi connectivity index (χ1v) is 7.68. The Bertz CT molecular complexity index is 870.